The van der Waals surface area contributed by atoms with Gasteiger partial charge in [-0.25, -0.2) is 8.42 Å². The fourth-order valence-electron chi connectivity index (χ4n) is 4.41. The number of benzene rings is 1. The Morgan fingerprint density at radius 1 is 1.09 bits per heavy atom. The van der Waals surface area contributed by atoms with Crippen molar-refractivity contribution in [3.05, 3.63) is 30.3 Å². The molecule has 9 heteroatoms. The zero-order chi connectivity index (χ0) is 24.2. The van der Waals surface area contributed by atoms with Crippen LogP contribution in [0.1, 0.15) is 52.9 Å². The molecule has 0 aromatic heterocycles. The van der Waals surface area contributed by atoms with Gasteiger partial charge in [0.2, 0.25) is 0 Å². The lowest BCUT2D eigenvalue weighted by Crippen LogP contribution is -2.53. The molecular weight excluding hydrogens is 436 g/mol. The van der Waals surface area contributed by atoms with Crippen molar-refractivity contribution < 1.29 is 37.0 Å². The number of sulfone groups is 1. The van der Waals surface area contributed by atoms with Crippen LogP contribution in [0.4, 0.5) is 0 Å². The number of rotatable bonds is 10. The third kappa shape index (κ3) is 4.82. The van der Waals surface area contributed by atoms with Crippen LogP contribution in [0.25, 0.3) is 0 Å². The van der Waals surface area contributed by atoms with Crippen molar-refractivity contribution >= 4 is 27.7 Å². The molecule has 1 saturated heterocycles. The molecule has 0 amide bonds. The topological polar surface area (TPSA) is 113 Å². The van der Waals surface area contributed by atoms with Gasteiger partial charge in [-0.1, -0.05) is 38.5 Å². The molecule has 0 spiro atoms. The highest BCUT2D eigenvalue weighted by atomic mass is 32.2. The molecule has 0 N–H and O–H groups in total. The largest absolute Gasteiger partial charge is 0.469 e. The smallest absolute Gasteiger partial charge is 0.329 e. The Kier molecular flexibility index (Phi) is 8.09. The first kappa shape index (κ1) is 25.8. The number of hydrogen-bond acceptors (Lipinski definition) is 8. The van der Waals surface area contributed by atoms with E-state index in [4.69, 9.17) is 14.2 Å². The Morgan fingerprint density at radius 2 is 1.69 bits per heavy atom. The summed E-state index contributed by atoms with van der Waals surface area (Å²) in [4.78, 5) is 38.0. The predicted octanol–water partition coefficient (Wildman–Crippen LogP) is 3.08. The van der Waals surface area contributed by atoms with Crippen LogP contribution >= 0.6 is 0 Å². The van der Waals surface area contributed by atoms with E-state index in [0.29, 0.717) is 18.8 Å². The Morgan fingerprint density at radius 3 is 2.22 bits per heavy atom. The van der Waals surface area contributed by atoms with E-state index in [-0.39, 0.29) is 4.90 Å². The Hall–Kier alpha value is -2.42. The van der Waals surface area contributed by atoms with Gasteiger partial charge in [0.15, 0.2) is 14.6 Å². The lowest BCUT2D eigenvalue weighted by Gasteiger charge is -2.35. The summed E-state index contributed by atoms with van der Waals surface area (Å²) in [6.07, 6.45) is 0.655. The van der Waals surface area contributed by atoms with Gasteiger partial charge < -0.3 is 14.2 Å². The number of carbonyl (C=O) groups excluding carboxylic acids is 3. The number of hydrogen-bond donors (Lipinski definition) is 0. The van der Waals surface area contributed by atoms with Crippen LogP contribution in [0.5, 0.6) is 0 Å². The molecule has 0 aliphatic carbocycles. The predicted molar refractivity (Wildman–Crippen MR) is 116 cm³/mol. The van der Waals surface area contributed by atoms with Crippen molar-refractivity contribution in [2.45, 2.75) is 68.1 Å². The van der Waals surface area contributed by atoms with Gasteiger partial charge >= 0.3 is 17.9 Å². The van der Waals surface area contributed by atoms with Crippen LogP contribution < -0.4 is 0 Å². The van der Waals surface area contributed by atoms with Gasteiger partial charge in [-0.15, -0.1) is 0 Å². The number of esters is 3. The van der Waals surface area contributed by atoms with Crippen LogP contribution in [-0.2, 0) is 38.4 Å². The zero-order valence-electron chi connectivity index (χ0n) is 19.3. The molecule has 1 aromatic rings. The summed E-state index contributed by atoms with van der Waals surface area (Å²) in [6.45, 7) is 5.73. The van der Waals surface area contributed by atoms with Crippen LogP contribution in [0.15, 0.2) is 35.2 Å². The molecule has 2 rings (SSSR count). The summed E-state index contributed by atoms with van der Waals surface area (Å²) < 4.78 is 40.8. The van der Waals surface area contributed by atoms with Gasteiger partial charge in [-0.05, 0) is 37.8 Å². The molecule has 0 unspecified atom stereocenters. The molecule has 1 aromatic carbocycles. The highest BCUT2D eigenvalue weighted by Crippen LogP contribution is 2.52. The van der Waals surface area contributed by atoms with E-state index >= 15 is 0 Å². The first-order chi connectivity index (χ1) is 14.9. The van der Waals surface area contributed by atoms with Gasteiger partial charge in [0.05, 0.1) is 32.0 Å². The second-order valence-corrected chi connectivity index (χ2v) is 11.0. The molecule has 32 heavy (non-hydrogen) atoms. The molecule has 1 fully saturated rings. The molecule has 3 atom stereocenters. The number of cyclic esters (lactones) is 1. The third-order valence-electron chi connectivity index (χ3n) is 6.19. The zero-order valence-corrected chi connectivity index (χ0v) is 20.1. The molecule has 1 heterocycles. The maximum absolute atomic E-state index is 13.9. The molecule has 178 valence electrons. The van der Waals surface area contributed by atoms with E-state index in [1.807, 2.05) is 0 Å². The van der Waals surface area contributed by atoms with Crippen LogP contribution in [0, 0.1) is 11.8 Å². The van der Waals surface area contributed by atoms with Crippen molar-refractivity contribution in [2.75, 3.05) is 14.2 Å². The fourth-order valence-corrected chi connectivity index (χ4v) is 6.62. The lowest BCUT2D eigenvalue weighted by molar-refractivity contribution is -0.153. The first-order valence-corrected chi connectivity index (χ1v) is 12.1. The van der Waals surface area contributed by atoms with Gasteiger partial charge in [0.25, 0.3) is 0 Å². The van der Waals surface area contributed by atoms with Gasteiger partial charge in [-0.3, -0.25) is 14.4 Å². The van der Waals surface area contributed by atoms with Gasteiger partial charge in [0.1, 0.15) is 5.60 Å². The second kappa shape index (κ2) is 10.0. The third-order valence-corrected chi connectivity index (χ3v) is 8.64. The maximum atomic E-state index is 13.9. The van der Waals surface area contributed by atoms with E-state index in [1.54, 1.807) is 13.0 Å². The standard InChI is InChI=1S/C23H32O8S/c1-16(2)10-9-13-22(3)18(14-19(24)29-4)23(21(26)31-22,15-20(25)30-5)32(27,28)17-11-7-6-8-12-17/h6-8,11-12,16,18H,9-10,13-15H2,1-5H3/t18-,22-,23+/m0/s1. The summed E-state index contributed by atoms with van der Waals surface area (Å²) in [7, 11) is -2.16. The van der Waals surface area contributed by atoms with Crippen LogP contribution in [0.3, 0.4) is 0 Å². The van der Waals surface area contributed by atoms with Crippen molar-refractivity contribution in [1.29, 1.82) is 0 Å². The van der Waals surface area contributed by atoms with E-state index < -0.39 is 56.9 Å². The molecule has 1 aliphatic rings. The minimum Gasteiger partial charge on any atom is -0.469 e. The summed E-state index contributed by atoms with van der Waals surface area (Å²) in [5.74, 6) is -3.38. The van der Waals surface area contributed by atoms with Crippen molar-refractivity contribution in [3.8, 4) is 0 Å². The average Bonchev–Trinajstić information content (AvgIpc) is 2.95. The first-order valence-electron chi connectivity index (χ1n) is 10.6. The average molecular weight is 469 g/mol. The van der Waals surface area contributed by atoms with Crippen molar-refractivity contribution in [2.24, 2.45) is 11.8 Å². The van der Waals surface area contributed by atoms with E-state index in [2.05, 4.69) is 13.8 Å². The molecule has 0 saturated carbocycles. The number of carbonyl (C=O) groups is 3. The van der Waals surface area contributed by atoms with E-state index in [0.717, 1.165) is 13.5 Å². The van der Waals surface area contributed by atoms with E-state index in [1.165, 1.54) is 31.4 Å². The normalized spacial score (nSPS) is 25.4. The van der Waals surface area contributed by atoms with Crippen molar-refractivity contribution in [3.63, 3.8) is 0 Å². The van der Waals surface area contributed by atoms with E-state index in [9.17, 15) is 22.8 Å². The van der Waals surface area contributed by atoms with Gasteiger partial charge in [0, 0.05) is 5.92 Å². The summed E-state index contributed by atoms with van der Waals surface area (Å²) >= 11 is 0. The van der Waals surface area contributed by atoms with Gasteiger partial charge in [-0.2, -0.15) is 0 Å². The Balaban J connectivity index is 2.71. The quantitative estimate of drug-likeness (QED) is 0.380. The molecule has 0 bridgehead atoms. The Bertz CT molecular complexity index is 940. The lowest BCUT2D eigenvalue weighted by atomic mass is 9.75. The molecule has 1 aliphatic heterocycles. The summed E-state index contributed by atoms with van der Waals surface area (Å²) in [5, 5.41) is 0. The highest BCUT2D eigenvalue weighted by molar-refractivity contribution is 7.93. The SMILES string of the molecule is COC(=O)C[C@@H]1[C@@](CC(=O)OC)(S(=O)(=O)c2ccccc2)C(=O)O[C@@]1(C)CCCC(C)C. The maximum Gasteiger partial charge on any atom is 0.329 e. The second-order valence-electron chi connectivity index (χ2n) is 8.78. The fraction of sp³-hybridized carbons (Fsp3) is 0.609. The molecule has 0 radical (unpaired) electrons. The summed E-state index contributed by atoms with van der Waals surface area (Å²) in [5.41, 5.74) is -1.28. The molecule has 8 nitrogen and oxygen atoms in total. The Labute approximate surface area is 189 Å². The number of methoxy groups -OCH3 is 2. The van der Waals surface area contributed by atoms with Crippen LogP contribution in [-0.4, -0.2) is 50.9 Å². The van der Waals surface area contributed by atoms with Crippen LogP contribution in [0.2, 0.25) is 0 Å². The monoisotopic (exact) mass is 468 g/mol. The minimum absolute atomic E-state index is 0.137. The van der Waals surface area contributed by atoms with Crippen molar-refractivity contribution in [1.82, 2.24) is 0 Å². The molecular formula is C23H32O8S. The summed E-state index contributed by atoms with van der Waals surface area (Å²) in [6, 6.07) is 7.39. The number of ether oxygens (including phenoxy) is 3. The minimum atomic E-state index is -4.45. The highest BCUT2D eigenvalue weighted by Gasteiger charge is 2.70.